The summed E-state index contributed by atoms with van der Waals surface area (Å²) >= 11 is 0. The first kappa shape index (κ1) is 19.3. The maximum Gasteiger partial charge on any atom is 0.339 e. The van der Waals surface area contributed by atoms with Gasteiger partial charge in [-0.2, -0.15) is 16.8 Å². The molecule has 2 aliphatic heterocycles. The minimum atomic E-state index is -3.98. The van der Waals surface area contributed by atoms with Gasteiger partial charge >= 0.3 is 20.2 Å². The highest BCUT2D eigenvalue weighted by Crippen LogP contribution is 2.52. The highest BCUT2D eigenvalue weighted by molar-refractivity contribution is 7.87. The summed E-state index contributed by atoms with van der Waals surface area (Å²) in [6.45, 7) is 3.77. The van der Waals surface area contributed by atoms with E-state index in [2.05, 4.69) is 0 Å². The van der Waals surface area contributed by atoms with Crippen molar-refractivity contribution in [3.63, 3.8) is 0 Å². The molecule has 6 rings (SSSR count). The third kappa shape index (κ3) is 2.56. The Morgan fingerprint density at radius 2 is 1.03 bits per heavy atom. The van der Waals surface area contributed by atoms with E-state index in [9.17, 15) is 16.8 Å². The summed E-state index contributed by atoms with van der Waals surface area (Å²) in [5, 5.41) is 1.50. The number of fused-ring (bicyclic) bond motifs is 9. The zero-order valence-corrected chi connectivity index (χ0v) is 18.7. The third-order valence-corrected chi connectivity index (χ3v) is 8.44. The van der Waals surface area contributed by atoms with Gasteiger partial charge in [0.1, 0.15) is 9.79 Å². The van der Waals surface area contributed by atoms with E-state index in [0.29, 0.717) is 27.6 Å². The Labute approximate surface area is 185 Å². The molecule has 4 aromatic carbocycles. The van der Waals surface area contributed by atoms with Crippen LogP contribution in [0.25, 0.3) is 33.0 Å². The predicted octanol–water partition coefficient (Wildman–Crippen LogP) is 4.95. The summed E-state index contributed by atoms with van der Waals surface area (Å²) in [5.41, 5.74) is 4.03. The van der Waals surface area contributed by atoms with E-state index in [1.807, 2.05) is 26.0 Å². The average molecular weight is 465 g/mol. The summed E-state index contributed by atoms with van der Waals surface area (Å²) in [5.74, 6) is 0.401. The topological polar surface area (TPSA) is 86.7 Å². The van der Waals surface area contributed by atoms with Gasteiger partial charge in [-0.1, -0.05) is 35.4 Å². The third-order valence-electron chi connectivity index (χ3n) is 5.86. The van der Waals surface area contributed by atoms with E-state index in [0.717, 1.165) is 16.5 Å². The Bertz CT molecular complexity index is 1590. The van der Waals surface area contributed by atoms with Gasteiger partial charge in [-0.05, 0) is 55.6 Å². The molecule has 0 N–H and O–H groups in total. The molecule has 4 aromatic rings. The molecule has 0 amide bonds. The Hall–Kier alpha value is -3.36. The molecule has 0 aliphatic carbocycles. The molecule has 0 saturated heterocycles. The SMILES string of the molecule is Cc1ccc2c(c1)-c1c(ccc3ccc4c(c13)-c1cc(C)ccc1S(=O)(=O)O4)OS2(=O)=O. The Morgan fingerprint density at radius 1 is 0.594 bits per heavy atom. The molecule has 0 radical (unpaired) electrons. The standard InChI is InChI=1S/C24H16O6S2/c1-13-3-9-20-16(11-13)23-18(29-31(20,25)26)7-5-15-6-8-19-24(22(15)23)17-12-14(2)4-10-21(17)32(27,28)30-19/h3-12H,1-2H3. The zero-order chi connectivity index (χ0) is 22.4. The normalized spacial score (nSPS) is 16.7. The number of rotatable bonds is 0. The highest BCUT2D eigenvalue weighted by Gasteiger charge is 2.35. The quantitative estimate of drug-likeness (QED) is 0.342. The Kier molecular flexibility index (Phi) is 3.69. The van der Waals surface area contributed by atoms with Crippen molar-refractivity contribution in [1.82, 2.24) is 0 Å². The molecule has 0 saturated carbocycles. The van der Waals surface area contributed by atoms with E-state index >= 15 is 0 Å². The monoisotopic (exact) mass is 464 g/mol. The lowest BCUT2D eigenvalue weighted by atomic mass is 9.89. The van der Waals surface area contributed by atoms with E-state index in [4.69, 9.17) is 8.37 Å². The second-order valence-electron chi connectivity index (χ2n) is 8.05. The first-order valence-electron chi connectivity index (χ1n) is 9.86. The van der Waals surface area contributed by atoms with Crippen LogP contribution >= 0.6 is 0 Å². The predicted molar refractivity (Wildman–Crippen MR) is 120 cm³/mol. The van der Waals surface area contributed by atoms with Gasteiger partial charge in [-0.3, -0.25) is 0 Å². The summed E-state index contributed by atoms with van der Waals surface area (Å²) in [4.78, 5) is 0.157. The van der Waals surface area contributed by atoms with Crippen molar-refractivity contribution < 1.29 is 25.2 Å². The van der Waals surface area contributed by atoms with Crippen LogP contribution in [0.2, 0.25) is 0 Å². The maximum absolute atomic E-state index is 12.8. The summed E-state index contributed by atoms with van der Waals surface area (Å²) < 4.78 is 62.0. The van der Waals surface area contributed by atoms with Gasteiger partial charge in [-0.25, -0.2) is 0 Å². The van der Waals surface area contributed by atoms with Gasteiger partial charge in [0.25, 0.3) is 0 Å². The molecule has 2 aliphatic rings. The van der Waals surface area contributed by atoms with Crippen LogP contribution in [-0.2, 0) is 20.2 Å². The van der Waals surface area contributed by atoms with Crippen molar-refractivity contribution >= 4 is 31.0 Å². The van der Waals surface area contributed by atoms with Crippen molar-refractivity contribution in [2.24, 2.45) is 0 Å². The lowest BCUT2D eigenvalue weighted by molar-refractivity contribution is 0.483. The van der Waals surface area contributed by atoms with Gasteiger partial charge < -0.3 is 8.37 Å². The Morgan fingerprint density at radius 3 is 1.47 bits per heavy atom. The molecular formula is C24H16O6S2. The molecule has 0 atom stereocenters. The van der Waals surface area contributed by atoms with E-state index < -0.39 is 20.2 Å². The summed E-state index contributed by atoms with van der Waals surface area (Å²) in [6, 6.07) is 16.9. The zero-order valence-electron chi connectivity index (χ0n) is 17.0. The number of aryl methyl sites for hydroxylation is 2. The second kappa shape index (κ2) is 6.11. The summed E-state index contributed by atoms with van der Waals surface area (Å²) in [7, 11) is -7.95. The number of benzene rings is 4. The van der Waals surface area contributed by atoms with Crippen LogP contribution in [0, 0.1) is 13.8 Å². The lowest BCUT2D eigenvalue weighted by Crippen LogP contribution is -2.18. The van der Waals surface area contributed by atoms with E-state index in [1.165, 1.54) is 12.1 Å². The van der Waals surface area contributed by atoms with Gasteiger partial charge in [0.2, 0.25) is 0 Å². The van der Waals surface area contributed by atoms with Crippen molar-refractivity contribution in [2.75, 3.05) is 0 Å². The minimum Gasteiger partial charge on any atom is -0.378 e. The molecule has 0 bridgehead atoms. The Balaban J connectivity index is 1.84. The van der Waals surface area contributed by atoms with Crippen molar-refractivity contribution in [3.05, 3.63) is 71.8 Å². The molecule has 0 aromatic heterocycles. The van der Waals surface area contributed by atoms with Gasteiger partial charge in [0.05, 0.1) is 0 Å². The lowest BCUT2D eigenvalue weighted by Gasteiger charge is -2.26. The van der Waals surface area contributed by atoms with Crippen LogP contribution in [0.15, 0.2) is 70.5 Å². The molecule has 0 unspecified atom stereocenters. The fourth-order valence-electron chi connectivity index (χ4n) is 4.49. The molecule has 6 nitrogen and oxygen atoms in total. The molecule has 0 spiro atoms. The maximum atomic E-state index is 12.8. The minimum absolute atomic E-state index is 0.0783. The number of hydrogen-bond acceptors (Lipinski definition) is 6. The fourth-order valence-corrected chi connectivity index (χ4v) is 6.75. The van der Waals surface area contributed by atoms with Crippen molar-refractivity contribution in [3.8, 4) is 33.8 Å². The van der Waals surface area contributed by atoms with Crippen LogP contribution in [0.3, 0.4) is 0 Å². The van der Waals surface area contributed by atoms with Crippen LogP contribution in [0.1, 0.15) is 11.1 Å². The first-order valence-corrected chi connectivity index (χ1v) is 12.7. The van der Waals surface area contributed by atoms with Crippen LogP contribution in [-0.4, -0.2) is 16.8 Å². The van der Waals surface area contributed by atoms with Crippen LogP contribution < -0.4 is 8.37 Å². The van der Waals surface area contributed by atoms with Gasteiger partial charge in [0, 0.05) is 27.6 Å². The second-order valence-corrected chi connectivity index (χ2v) is 11.1. The van der Waals surface area contributed by atoms with Gasteiger partial charge in [-0.15, -0.1) is 0 Å². The van der Waals surface area contributed by atoms with Gasteiger partial charge in [0.15, 0.2) is 11.5 Å². The molecule has 8 heteroatoms. The number of hydrogen-bond donors (Lipinski definition) is 0. The average Bonchev–Trinajstić information content (AvgIpc) is 2.71. The van der Waals surface area contributed by atoms with E-state index in [1.54, 1.807) is 36.4 Å². The molecule has 2 heterocycles. The molecular weight excluding hydrogens is 448 g/mol. The smallest absolute Gasteiger partial charge is 0.339 e. The van der Waals surface area contributed by atoms with Crippen molar-refractivity contribution in [1.29, 1.82) is 0 Å². The summed E-state index contributed by atoms with van der Waals surface area (Å²) in [6.07, 6.45) is 0. The molecule has 0 fully saturated rings. The molecule has 160 valence electrons. The molecule has 32 heavy (non-hydrogen) atoms. The highest BCUT2D eigenvalue weighted by atomic mass is 32.2. The largest absolute Gasteiger partial charge is 0.378 e. The van der Waals surface area contributed by atoms with Crippen LogP contribution in [0.5, 0.6) is 11.5 Å². The van der Waals surface area contributed by atoms with E-state index in [-0.39, 0.29) is 21.3 Å². The van der Waals surface area contributed by atoms with Crippen LogP contribution in [0.4, 0.5) is 0 Å². The first-order chi connectivity index (χ1) is 15.2. The fraction of sp³-hybridized carbons (Fsp3) is 0.0833. The van der Waals surface area contributed by atoms with Crippen molar-refractivity contribution in [2.45, 2.75) is 23.6 Å².